The molecule has 2 aromatic rings. The van der Waals surface area contributed by atoms with Crippen LogP contribution in [-0.2, 0) is 17.6 Å². The van der Waals surface area contributed by atoms with Crippen LogP contribution in [0.2, 0.25) is 0 Å². The van der Waals surface area contributed by atoms with Crippen molar-refractivity contribution in [1.82, 2.24) is 5.32 Å². The van der Waals surface area contributed by atoms with Crippen molar-refractivity contribution in [3.63, 3.8) is 0 Å². The standard InChI is InChI=1S/C23H27N3O2S/c1-3-5-14-28-20-9-7-6-8-19(20)16-24-26-23-25-22(27)21(29-23)15-18-12-10-17(4-2)11-13-18/h6-13,16,21H,3-5,14-15H2,1-2H3,(H,25,26,27)/b24-16-/t21-/m0/s1. The van der Waals surface area contributed by atoms with Gasteiger partial charge >= 0.3 is 0 Å². The lowest BCUT2D eigenvalue weighted by Gasteiger charge is -2.07. The Bertz CT molecular complexity index is 878. The fourth-order valence-corrected chi connectivity index (χ4v) is 3.87. The molecule has 1 aliphatic rings. The van der Waals surface area contributed by atoms with E-state index in [4.69, 9.17) is 4.74 Å². The van der Waals surface area contributed by atoms with Gasteiger partial charge in [-0.15, -0.1) is 5.10 Å². The SMILES string of the molecule is CCCCOc1ccccc1/C=N\N=C1\NC(=O)[C@H](Cc2ccc(CC)cc2)S1. The van der Waals surface area contributed by atoms with Crippen LogP contribution in [0.4, 0.5) is 0 Å². The summed E-state index contributed by atoms with van der Waals surface area (Å²) in [5, 5.41) is 11.5. The summed E-state index contributed by atoms with van der Waals surface area (Å²) in [5.41, 5.74) is 3.32. The Morgan fingerprint density at radius 3 is 2.62 bits per heavy atom. The Balaban J connectivity index is 1.59. The zero-order valence-corrected chi connectivity index (χ0v) is 17.7. The van der Waals surface area contributed by atoms with E-state index in [1.165, 1.54) is 17.3 Å². The minimum Gasteiger partial charge on any atom is -0.493 e. The normalized spacial score (nSPS) is 17.8. The van der Waals surface area contributed by atoms with Crippen molar-refractivity contribution in [2.75, 3.05) is 6.61 Å². The van der Waals surface area contributed by atoms with Gasteiger partial charge in [-0.25, -0.2) is 0 Å². The monoisotopic (exact) mass is 409 g/mol. The summed E-state index contributed by atoms with van der Waals surface area (Å²) in [6.07, 6.45) is 5.46. The number of hydrogen-bond donors (Lipinski definition) is 1. The van der Waals surface area contributed by atoms with Crippen LogP contribution in [0.1, 0.15) is 43.4 Å². The topological polar surface area (TPSA) is 63.1 Å². The van der Waals surface area contributed by atoms with Gasteiger partial charge in [-0.2, -0.15) is 5.10 Å². The number of amidine groups is 1. The van der Waals surface area contributed by atoms with E-state index < -0.39 is 0 Å². The van der Waals surface area contributed by atoms with Gasteiger partial charge in [0.15, 0.2) is 5.17 Å². The summed E-state index contributed by atoms with van der Waals surface area (Å²) in [6, 6.07) is 16.2. The maximum atomic E-state index is 12.3. The minimum atomic E-state index is -0.180. The van der Waals surface area contributed by atoms with E-state index in [9.17, 15) is 4.79 Å². The van der Waals surface area contributed by atoms with E-state index in [0.717, 1.165) is 36.1 Å². The molecule has 2 aromatic carbocycles. The molecule has 0 aromatic heterocycles. The quantitative estimate of drug-likeness (QED) is 0.374. The molecule has 5 nitrogen and oxygen atoms in total. The molecule has 1 N–H and O–H groups in total. The van der Waals surface area contributed by atoms with E-state index in [0.29, 0.717) is 18.2 Å². The number of benzene rings is 2. The maximum absolute atomic E-state index is 12.3. The molecular weight excluding hydrogens is 382 g/mol. The summed E-state index contributed by atoms with van der Waals surface area (Å²) in [5.74, 6) is 0.772. The predicted molar refractivity (Wildman–Crippen MR) is 121 cm³/mol. The van der Waals surface area contributed by atoms with Gasteiger partial charge in [0.2, 0.25) is 5.91 Å². The molecule has 1 saturated heterocycles. The van der Waals surface area contributed by atoms with Crippen molar-refractivity contribution in [2.45, 2.75) is 44.8 Å². The lowest BCUT2D eigenvalue weighted by molar-refractivity contribution is -0.118. The Kier molecular flexibility index (Phi) is 7.87. The predicted octanol–water partition coefficient (Wildman–Crippen LogP) is 4.59. The average molecular weight is 410 g/mol. The van der Waals surface area contributed by atoms with Crippen LogP contribution in [0.5, 0.6) is 5.75 Å². The highest BCUT2D eigenvalue weighted by atomic mass is 32.2. The summed E-state index contributed by atoms with van der Waals surface area (Å²) in [4.78, 5) is 12.3. The molecule has 0 bridgehead atoms. The number of ether oxygens (including phenoxy) is 1. The number of unbranched alkanes of at least 4 members (excludes halogenated alkanes) is 1. The van der Waals surface area contributed by atoms with Gasteiger partial charge in [0.1, 0.15) is 5.75 Å². The zero-order chi connectivity index (χ0) is 20.5. The van der Waals surface area contributed by atoms with Gasteiger partial charge in [0.25, 0.3) is 0 Å². The first-order valence-corrected chi connectivity index (χ1v) is 11.0. The second-order valence-corrected chi connectivity index (χ2v) is 8.05. The first-order chi connectivity index (χ1) is 14.2. The second-order valence-electron chi connectivity index (χ2n) is 6.86. The van der Waals surface area contributed by atoms with Crippen LogP contribution in [-0.4, -0.2) is 29.1 Å². The number of nitrogens with zero attached hydrogens (tertiary/aromatic N) is 2. The highest BCUT2D eigenvalue weighted by Gasteiger charge is 2.30. The average Bonchev–Trinajstić information content (AvgIpc) is 3.09. The minimum absolute atomic E-state index is 0.0215. The Labute approximate surface area is 176 Å². The number of carbonyl (C=O) groups excluding carboxylic acids is 1. The lowest BCUT2D eigenvalue weighted by Crippen LogP contribution is -2.25. The number of hydrogen-bond acceptors (Lipinski definition) is 5. The zero-order valence-electron chi connectivity index (χ0n) is 16.9. The number of amides is 1. The summed E-state index contributed by atoms with van der Waals surface area (Å²) < 4.78 is 5.80. The van der Waals surface area contributed by atoms with Crippen molar-refractivity contribution in [3.8, 4) is 5.75 Å². The van der Waals surface area contributed by atoms with Gasteiger partial charge in [-0.3, -0.25) is 4.79 Å². The number of carbonyl (C=O) groups is 1. The molecule has 0 saturated carbocycles. The highest BCUT2D eigenvalue weighted by molar-refractivity contribution is 8.15. The number of nitrogens with one attached hydrogen (secondary N) is 1. The van der Waals surface area contributed by atoms with Gasteiger partial charge in [0, 0.05) is 5.56 Å². The second kappa shape index (κ2) is 10.8. The largest absolute Gasteiger partial charge is 0.493 e. The first kappa shape index (κ1) is 21.1. The number of para-hydroxylation sites is 1. The third-order valence-electron chi connectivity index (χ3n) is 4.65. The van der Waals surface area contributed by atoms with Crippen LogP contribution >= 0.6 is 11.8 Å². The number of rotatable bonds is 9. The van der Waals surface area contributed by atoms with Crippen molar-refractivity contribution < 1.29 is 9.53 Å². The van der Waals surface area contributed by atoms with E-state index in [1.54, 1.807) is 6.21 Å². The van der Waals surface area contributed by atoms with Gasteiger partial charge < -0.3 is 10.1 Å². The molecule has 1 fully saturated rings. The van der Waals surface area contributed by atoms with Crippen LogP contribution in [0.3, 0.4) is 0 Å². The van der Waals surface area contributed by atoms with Gasteiger partial charge in [-0.1, -0.05) is 68.4 Å². The van der Waals surface area contributed by atoms with Crippen molar-refractivity contribution >= 4 is 29.1 Å². The highest BCUT2D eigenvalue weighted by Crippen LogP contribution is 2.24. The Hall–Kier alpha value is -2.60. The number of aryl methyl sites for hydroxylation is 1. The van der Waals surface area contributed by atoms with Crippen LogP contribution in [0.25, 0.3) is 0 Å². The molecule has 3 rings (SSSR count). The molecule has 0 aliphatic carbocycles. The van der Waals surface area contributed by atoms with Crippen molar-refractivity contribution in [1.29, 1.82) is 0 Å². The Morgan fingerprint density at radius 1 is 1.10 bits per heavy atom. The van der Waals surface area contributed by atoms with Gasteiger partial charge in [0.05, 0.1) is 18.1 Å². The molecule has 152 valence electrons. The smallest absolute Gasteiger partial charge is 0.239 e. The molecule has 6 heteroatoms. The van der Waals surface area contributed by atoms with E-state index >= 15 is 0 Å². The molecule has 29 heavy (non-hydrogen) atoms. The molecule has 0 spiro atoms. The first-order valence-electron chi connectivity index (χ1n) is 10.1. The molecule has 1 amide bonds. The van der Waals surface area contributed by atoms with Crippen LogP contribution < -0.4 is 10.1 Å². The third-order valence-corrected chi connectivity index (χ3v) is 5.72. The van der Waals surface area contributed by atoms with E-state index in [2.05, 4.69) is 53.6 Å². The van der Waals surface area contributed by atoms with Gasteiger partial charge in [-0.05, 0) is 42.5 Å². The summed E-state index contributed by atoms with van der Waals surface area (Å²) >= 11 is 1.42. The van der Waals surface area contributed by atoms with E-state index in [-0.39, 0.29) is 11.2 Å². The molecule has 0 radical (unpaired) electrons. The molecule has 1 heterocycles. The fraction of sp³-hybridized carbons (Fsp3) is 0.348. The van der Waals surface area contributed by atoms with Crippen LogP contribution in [0.15, 0.2) is 58.7 Å². The summed E-state index contributed by atoms with van der Waals surface area (Å²) in [6.45, 7) is 4.95. The Morgan fingerprint density at radius 2 is 1.86 bits per heavy atom. The third kappa shape index (κ3) is 6.19. The molecule has 1 aliphatic heterocycles. The van der Waals surface area contributed by atoms with Crippen LogP contribution in [0, 0.1) is 0 Å². The molecule has 1 atom stereocenters. The molecule has 0 unspecified atom stereocenters. The van der Waals surface area contributed by atoms with E-state index in [1.807, 2.05) is 24.3 Å². The lowest BCUT2D eigenvalue weighted by atomic mass is 10.1. The fourth-order valence-electron chi connectivity index (χ4n) is 2.90. The maximum Gasteiger partial charge on any atom is 0.239 e. The number of thioether (sulfide) groups is 1. The van der Waals surface area contributed by atoms with Crippen molar-refractivity contribution in [3.05, 3.63) is 65.2 Å². The summed E-state index contributed by atoms with van der Waals surface area (Å²) in [7, 11) is 0. The molecular formula is C23H27N3O2S. The van der Waals surface area contributed by atoms with Crippen molar-refractivity contribution in [2.24, 2.45) is 10.2 Å².